The molecule has 0 heterocycles. The molecule has 0 aliphatic heterocycles. The van der Waals surface area contributed by atoms with E-state index in [2.05, 4.69) is 31.2 Å². The van der Waals surface area contributed by atoms with Crippen LogP contribution >= 0.6 is 0 Å². The van der Waals surface area contributed by atoms with E-state index in [1.165, 1.54) is 43.2 Å². The van der Waals surface area contributed by atoms with Crippen molar-refractivity contribution in [2.24, 2.45) is 11.1 Å². The van der Waals surface area contributed by atoms with Crippen LogP contribution in [0.25, 0.3) is 0 Å². The second-order valence-corrected chi connectivity index (χ2v) is 6.33. The molecule has 0 saturated carbocycles. The van der Waals surface area contributed by atoms with Gasteiger partial charge in [-0.1, -0.05) is 69.7 Å². The van der Waals surface area contributed by atoms with Gasteiger partial charge in [0, 0.05) is 0 Å². The maximum Gasteiger partial charge on any atom is 0.224 e. The van der Waals surface area contributed by atoms with Crippen LogP contribution in [-0.4, -0.2) is 5.91 Å². The minimum atomic E-state index is -0.345. The number of unbranched alkanes of at least 4 members (excludes halogenated alkanes) is 5. The topological polar surface area (TPSA) is 43.1 Å². The summed E-state index contributed by atoms with van der Waals surface area (Å²) in [7, 11) is 0. The lowest BCUT2D eigenvalue weighted by Crippen LogP contribution is -2.40. The molecule has 0 fully saturated rings. The van der Waals surface area contributed by atoms with E-state index in [-0.39, 0.29) is 11.3 Å². The van der Waals surface area contributed by atoms with E-state index in [0.717, 1.165) is 25.7 Å². The smallest absolute Gasteiger partial charge is 0.224 e. The highest BCUT2D eigenvalue weighted by atomic mass is 16.1. The van der Waals surface area contributed by atoms with Crippen LogP contribution in [0.2, 0.25) is 0 Å². The summed E-state index contributed by atoms with van der Waals surface area (Å²) < 4.78 is 0. The van der Waals surface area contributed by atoms with Gasteiger partial charge in [0.05, 0.1) is 5.41 Å². The average Bonchev–Trinajstić information content (AvgIpc) is 2.73. The molecule has 20 heavy (non-hydrogen) atoms. The molecule has 0 saturated heterocycles. The molecule has 1 aromatic carbocycles. The molecule has 110 valence electrons. The molecule has 1 amide bonds. The summed E-state index contributed by atoms with van der Waals surface area (Å²) in [5.74, 6) is -0.117. The molecule has 0 spiro atoms. The zero-order valence-corrected chi connectivity index (χ0v) is 12.7. The zero-order chi connectivity index (χ0) is 14.4. The van der Waals surface area contributed by atoms with Gasteiger partial charge in [-0.15, -0.1) is 0 Å². The van der Waals surface area contributed by atoms with Crippen LogP contribution in [0.3, 0.4) is 0 Å². The summed E-state index contributed by atoms with van der Waals surface area (Å²) in [6.45, 7) is 2.23. The molecule has 0 radical (unpaired) electrons. The molecule has 2 nitrogen and oxygen atoms in total. The van der Waals surface area contributed by atoms with Crippen LogP contribution < -0.4 is 5.73 Å². The van der Waals surface area contributed by atoms with E-state index < -0.39 is 0 Å². The third kappa shape index (κ3) is 3.62. The molecule has 0 aromatic heterocycles. The maximum atomic E-state index is 12.1. The zero-order valence-electron chi connectivity index (χ0n) is 12.7. The van der Waals surface area contributed by atoms with E-state index in [1.807, 2.05) is 0 Å². The van der Waals surface area contributed by atoms with E-state index >= 15 is 0 Å². The van der Waals surface area contributed by atoms with Gasteiger partial charge in [0.2, 0.25) is 5.91 Å². The first-order valence-corrected chi connectivity index (χ1v) is 8.04. The van der Waals surface area contributed by atoms with Crippen LogP contribution in [0.15, 0.2) is 24.3 Å². The third-order valence-electron chi connectivity index (χ3n) is 4.64. The first-order valence-electron chi connectivity index (χ1n) is 8.04. The highest BCUT2D eigenvalue weighted by Gasteiger charge is 2.37. The normalized spacial score (nSPS) is 16.1. The number of carbonyl (C=O) groups excluding carboxylic acids is 1. The van der Waals surface area contributed by atoms with Gasteiger partial charge >= 0.3 is 0 Å². The third-order valence-corrected chi connectivity index (χ3v) is 4.64. The van der Waals surface area contributed by atoms with E-state index in [9.17, 15) is 4.79 Å². The summed E-state index contributed by atoms with van der Waals surface area (Å²) in [6, 6.07) is 8.56. The summed E-state index contributed by atoms with van der Waals surface area (Å²) in [4.78, 5) is 12.1. The molecular weight excluding hydrogens is 246 g/mol. The highest BCUT2D eigenvalue weighted by Crippen LogP contribution is 2.36. The molecular formula is C18H27NO. The Morgan fingerprint density at radius 3 is 2.00 bits per heavy atom. The van der Waals surface area contributed by atoms with Gasteiger partial charge in [-0.2, -0.15) is 0 Å². The van der Waals surface area contributed by atoms with Crippen molar-refractivity contribution in [2.45, 2.75) is 64.7 Å². The summed E-state index contributed by atoms with van der Waals surface area (Å²) in [5, 5.41) is 0. The van der Waals surface area contributed by atoms with Crippen molar-refractivity contribution in [1.29, 1.82) is 0 Å². The second-order valence-electron chi connectivity index (χ2n) is 6.33. The molecule has 2 N–H and O–H groups in total. The molecule has 1 aromatic rings. The van der Waals surface area contributed by atoms with Gasteiger partial charge in [-0.3, -0.25) is 4.79 Å². The first-order chi connectivity index (χ1) is 9.66. The number of rotatable bonds is 8. The van der Waals surface area contributed by atoms with Crippen LogP contribution in [-0.2, 0) is 17.6 Å². The predicted octanol–water partition coefficient (Wildman–Crippen LogP) is 4.01. The minimum Gasteiger partial charge on any atom is -0.369 e. The fourth-order valence-electron chi connectivity index (χ4n) is 3.34. The summed E-state index contributed by atoms with van der Waals surface area (Å²) in [5.41, 5.74) is 7.91. The molecule has 2 bridgehead atoms. The van der Waals surface area contributed by atoms with Crippen molar-refractivity contribution in [2.75, 3.05) is 0 Å². The second kappa shape index (κ2) is 6.92. The Bertz CT molecular complexity index is 410. The monoisotopic (exact) mass is 273 g/mol. The van der Waals surface area contributed by atoms with Crippen LogP contribution in [0, 0.1) is 5.41 Å². The largest absolute Gasteiger partial charge is 0.369 e. The van der Waals surface area contributed by atoms with E-state index in [1.54, 1.807) is 0 Å². The van der Waals surface area contributed by atoms with Crippen LogP contribution in [0.1, 0.15) is 63.0 Å². The SMILES string of the molecule is CCCCCCCCC1(C(N)=O)Cc2ccc(cc2)C1. The predicted molar refractivity (Wildman–Crippen MR) is 83.5 cm³/mol. The van der Waals surface area contributed by atoms with Gasteiger partial charge in [-0.25, -0.2) is 0 Å². The van der Waals surface area contributed by atoms with Gasteiger partial charge < -0.3 is 5.73 Å². The first kappa shape index (κ1) is 15.1. The van der Waals surface area contributed by atoms with Gasteiger partial charge in [0.15, 0.2) is 0 Å². The van der Waals surface area contributed by atoms with Gasteiger partial charge in [0.1, 0.15) is 0 Å². The van der Waals surface area contributed by atoms with E-state index in [0.29, 0.717) is 0 Å². The minimum absolute atomic E-state index is 0.117. The number of hydrogen-bond acceptors (Lipinski definition) is 1. The molecule has 0 unspecified atom stereocenters. The van der Waals surface area contributed by atoms with Crippen molar-refractivity contribution in [1.82, 2.24) is 0 Å². The van der Waals surface area contributed by atoms with Gasteiger partial charge in [-0.05, 0) is 30.4 Å². The Hall–Kier alpha value is -1.31. The molecule has 2 aliphatic rings. The maximum absolute atomic E-state index is 12.1. The molecule has 2 heteroatoms. The molecule has 3 rings (SSSR count). The number of hydrogen-bond donors (Lipinski definition) is 1. The summed E-state index contributed by atoms with van der Waals surface area (Å²) >= 11 is 0. The lowest BCUT2D eigenvalue weighted by molar-refractivity contribution is -0.128. The van der Waals surface area contributed by atoms with E-state index in [4.69, 9.17) is 5.73 Å². The number of nitrogens with two attached hydrogens (primary N) is 1. The Morgan fingerprint density at radius 2 is 1.50 bits per heavy atom. The lowest BCUT2D eigenvalue weighted by Gasteiger charge is -2.29. The number of primary amides is 1. The highest BCUT2D eigenvalue weighted by molar-refractivity contribution is 5.81. The van der Waals surface area contributed by atoms with Gasteiger partial charge in [0.25, 0.3) is 0 Å². The Balaban J connectivity index is 1.91. The Kier molecular flexibility index (Phi) is 5.22. The number of carbonyl (C=O) groups is 1. The van der Waals surface area contributed by atoms with Crippen molar-refractivity contribution in [3.8, 4) is 0 Å². The van der Waals surface area contributed by atoms with Crippen molar-refractivity contribution >= 4 is 5.91 Å². The standard InChI is InChI=1S/C18H27NO/c1-2-3-4-5-6-7-12-18(17(19)20)13-15-8-9-16(14-18)11-10-15/h8-11H,2-7,12-14H2,1H3,(H2,19,20). The van der Waals surface area contributed by atoms with Crippen molar-refractivity contribution in [3.05, 3.63) is 35.4 Å². The fraction of sp³-hybridized carbons (Fsp3) is 0.611. The number of benzene rings is 1. The Labute approximate surface area is 122 Å². The Morgan fingerprint density at radius 1 is 1.00 bits per heavy atom. The average molecular weight is 273 g/mol. The summed E-state index contributed by atoms with van der Waals surface area (Å²) in [6.07, 6.45) is 10.1. The van der Waals surface area contributed by atoms with Crippen LogP contribution in [0.5, 0.6) is 0 Å². The van der Waals surface area contributed by atoms with Crippen molar-refractivity contribution < 1.29 is 4.79 Å². The number of amides is 1. The molecule has 0 atom stereocenters. The lowest BCUT2D eigenvalue weighted by atomic mass is 9.74. The van der Waals surface area contributed by atoms with Crippen LogP contribution in [0.4, 0.5) is 0 Å². The van der Waals surface area contributed by atoms with Crippen molar-refractivity contribution in [3.63, 3.8) is 0 Å². The fourth-order valence-corrected chi connectivity index (χ4v) is 3.34. The molecule has 2 aliphatic carbocycles. The quantitative estimate of drug-likeness (QED) is 0.715. The number of fused-ring (bicyclic) bond motifs is 4.